The van der Waals surface area contributed by atoms with E-state index in [2.05, 4.69) is 22.2 Å². The Kier molecular flexibility index (Phi) is 6.43. The van der Waals surface area contributed by atoms with Crippen molar-refractivity contribution in [2.45, 2.75) is 38.0 Å². The van der Waals surface area contributed by atoms with Gasteiger partial charge in [0, 0.05) is 10.6 Å². The van der Waals surface area contributed by atoms with Gasteiger partial charge in [0.1, 0.15) is 0 Å². The van der Waals surface area contributed by atoms with Crippen LogP contribution in [0.2, 0.25) is 0 Å². The lowest BCUT2D eigenvalue weighted by molar-refractivity contribution is 0.0959. The van der Waals surface area contributed by atoms with E-state index in [1.165, 1.54) is 22.6 Å². The monoisotopic (exact) mass is 467 g/mol. The molecule has 2 aromatic carbocycles. The third-order valence-corrected chi connectivity index (χ3v) is 8.07. The molecule has 1 heterocycles. The van der Waals surface area contributed by atoms with Gasteiger partial charge in [-0.1, -0.05) is 37.3 Å². The van der Waals surface area contributed by atoms with Crippen molar-refractivity contribution in [2.75, 3.05) is 4.72 Å². The Labute approximate surface area is 192 Å². The Morgan fingerprint density at radius 3 is 2.66 bits per heavy atom. The first kappa shape index (κ1) is 22.2. The molecular formula is C24H25N3O3S2. The lowest BCUT2D eigenvalue weighted by Crippen LogP contribution is -2.18. The van der Waals surface area contributed by atoms with Crippen molar-refractivity contribution < 1.29 is 13.2 Å². The molecule has 3 aromatic rings. The van der Waals surface area contributed by atoms with E-state index in [0.29, 0.717) is 27.8 Å². The molecule has 0 radical (unpaired) electrons. The molecule has 0 spiro atoms. The van der Waals surface area contributed by atoms with Crippen LogP contribution in [0.25, 0.3) is 0 Å². The van der Waals surface area contributed by atoms with Crippen molar-refractivity contribution >= 4 is 38.7 Å². The third-order valence-electron chi connectivity index (χ3n) is 5.47. The number of nitrogens with one attached hydrogen (secondary N) is 2. The van der Waals surface area contributed by atoms with E-state index in [1.54, 1.807) is 54.7 Å². The molecule has 1 aromatic heterocycles. The van der Waals surface area contributed by atoms with E-state index in [1.807, 2.05) is 12.1 Å². The highest BCUT2D eigenvalue weighted by atomic mass is 32.2. The Bertz CT molecular complexity index is 1260. The summed E-state index contributed by atoms with van der Waals surface area (Å²) in [7, 11) is -3.68. The summed E-state index contributed by atoms with van der Waals surface area (Å²) in [4.78, 5) is 14.8. The van der Waals surface area contributed by atoms with Crippen LogP contribution in [-0.4, -0.2) is 20.0 Å². The van der Waals surface area contributed by atoms with E-state index < -0.39 is 10.0 Å². The number of benzene rings is 2. The highest BCUT2D eigenvalue weighted by Crippen LogP contribution is 2.32. The number of amides is 1. The zero-order valence-corrected chi connectivity index (χ0v) is 19.6. The molecule has 0 saturated heterocycles. The molecule has 32 heavy (non-hydrogen) atoms. The number of hydrazone groups is 1. The molecule has 1 atom stereocenters. The quantitative estimate of drug-likeness (QED) is 0.402. The van der Waals surface area contributed by atoms with Crippen molar-refractivity contribution in [1.29, 1.82) is 0 Å². The highest BCUT2D eigenvalue weighted by molar-refractivity contribution is 7.92. The summed E-state index contributed by atoms with van der Waals surface area (Å²) in [5.74, 6) is 0.432. The Morgan fingerprint density at radius 1 is 1.09 bits per heavy atom. The summed E-state index contributed by atoms with van der Waals surface area (Å²) in [5, 5.41) is 4.23. The molecule has 0 aliphatic heterocycles. The molecule has 166 valence electrons. The number of thiophene rings is 1. The van der Waals surface area contributed by atoms with Gasteiger partial charge in [0.25, 0.3) is 15.9 Å². The summed E-state index contributed by atoms with van der Waals surface area (Å²) >= 11 is 1.54. The van der Waals surface area contributed by atoms with E-state index in [0.717, 1.165) is 19.3 Å². The number of hydrogen-bond donors (Lipinski definition) is 2. The fourth-order valence-corrected chi connectivity index (χ4v) is 5.99. The highest BCUT2D eigenvalue weighted by Gasteiger charge is 2.20. The second-order valence-corrected chi connectivity index (χ2v) is 10.9. The first-order valence-corrected chi connectivity index (χ1v) is 12.8. The third kappa shape index (κ3) is 5.08. The molecule has 1 aliphatic rings. The van der Waals surface area contributed by atoms with Crippen molar-refractivity contribution in [1.82, 2.24) is 5.43 Å². The van der Waals surface area contributed by atoms with E-state index in [4.69, 9.17) is 0 Å². The maximum atomic E-state index is 12.6. The molecular weight excluding hydrogens is 442 g/mol. The van der Waals surface area contributed by atoms with Gasteiger partial charge in [-0.3, -0.25) is 9.52 Å². The smallest absolute Gasteiger partial charge is 0.280 e. The summed E-state index contributed by atoms with van der Waals surface area (Å²) < 4.78 is 27.7. The van der Waals surface area contributed by atoms with E-state index in [-0.39, 0.29) is 10.8 Å². The summed E-state index contributed by atoms with van der Waals surface area (Å²) in [6.45, 7) is 4.01. The molecule has 0 bridgehead atoms. The number of sulfonamides is 1. The number of aryl methyl sites for hydroxylation is 1. The predicted octanol–water partition coefficient (Wildman–Crippen LogP) is 4.83. The minimum absolute atomic E-state index is 0.191. The van der Waals surface area contributed by atoms with Crippen LogP contribution in [0.1, 0.15) is 45.9 Å². The molecule has 1 unspecified atom stereocenters. The molecule has 6 nitrogen and oxygen atoms in total. The normalized spacial score (nSPS) is 16.3. The largest absolute Gasteiger partial charge is 0.281 e. The molecule has 0 fully saturated rings. The molecule has 2 N–H and O–H groups in total. The van der Waals surface area contributed by atoms with Crippen LogP contribution < -0.4 is 10.1 Å². The molecule has 1 amide bonds. The minimum atomic E-state index is -3.68. The van der Waals surface area contributed by atoms with Gasteiger partial charge in [-0.2, -0.15) is 5.10 Å². The zero-order valence-electron chi connectivity index (χ0n) is 18.0. The number of carbonyl (C=O) groups excluding carboxylic acids is 1. The van der Waals surface area contributed by atoms with E-state index in [9.17, 15) is 13.2 Å². The Morgan fingerprint density at radius 2 is 1.88 bits per heavy atom. The second kappa shape index (κ2) is 9.26. The van der Waals surface area contributed by atoms with Crippen LogP contribution in [0.15, 0.2) is 70.7 Å². The fraction of sp³-hybridized carbons (Fsp3) is 0.250. The topological polar surface area (TPSA) is 87.6 Å². The van der Waals surface area contributed by atoms with Crippen LogP contribution in [0.3, 0.4) is 0 Å². The molecule has 4 rings (SSSR count). The van der Waals surface area contributed by atoms with Gasteiger partial charge in [-0.05, 0) is 73.6 Å². The van der Waals surface area contributed by atoms with Crippen LogP contribution in [0, 0.1) is 5.92 Å². The lowest BCUT2D eigenvalue weighted by atomic mass is 9.90. The number of nitrogens with zero attached hydrogens (tertiary/aromatic N) is 1. The standard InChI is InChI=1S/C24H25N3O3S2/c1-16-11-12-19-15-23(31-22(19)13-16)24(28)26-25-17(2)18-7-6-8-20(14-18)27-32(29,30)21-9-4-3-5-10-21/h3-10,14-16,27H,11-13H2,1-2H3,(H,26,28)/b25-17+. The van der Waals surface area contributed by atoms with Gasteiger partial charge in [0.05, 0.1) is 15.5 Å². The molecule has 8 heteroatoms. The summed E-state index contributed by atoms with van der Waals surface area (Å²) in [6, 6.07) is 17.1. The number of hydrogen-bond acceptors (Lipinski definition) is 5. The number of rotatable bonds is 6. The van der Waals surface area contributed by atoms with Gasteiger partial charge in [-0.15, -0.1) is 11.3 Å². The van der Waals surface area contributed by atoms with E-state index >= 15 is 0 Å². The van der Waals surface area contributed by atoms with Gasteiger partial charge in [-0.25, -0.2) is 13.8 Å². The van der Waals surface area contributed by atoms with Crippen LogP contribution in [0.5, 0.6) is 0 Å². The first-order valence-electron chi connectivity index (χ1n) is 10.5. The Hall–Kier alpha value is -2.97. The van der Waals surface area contributed by atoms with Gasteiger partial charge in [0.2, 0.25) is 0 Å². The van der Waals surface area contributed by atoms with Gasteiger partial charge >= 0.3 is 0 Å². The van der Waals surface area contributed by atoms with Crippen molar-refractivity contribution in [3.63, 3.8) is 0 Å². The van der Waals surface area contributed by atoms with Crippen LogP contribution in [0.4, 0.5) is 5.69 Å². The number of anilines is 1. The maximum Gasteiger partial charge on any atom is 0.281 e. The summed E-state index contributed by atoms with van der Waals surface area (Å²) in [6.07, 6.45) is 3.21. The maximum absolute atomic E-state index is 12.6. The van der Waals surface area contributed by atoms with Crippen molar-refractivity contribution in [3.8, 4) is 0 Å². The van der Waals surface area contributed by atoms with Crippen molar-refractivity contribution in [2.24, 2.45) is 11.0 Å². The summed E-state index contributed by atoms with van der Waals surface area (Å²) in [5.41, 5.74) is 5.61. The van der Waals surface area contributed by atoms with Gasteiger partial charge < -0.3 is 0 Å². The average Bonchev–Trinajstić information content (AvgIpc) is 3.21. The minimum Gasteiger partial charge on any atom is -0.280 e. The second-order valence-electron chi connectivity index (χ2n) is 8.04. The molecule has 1 aliphatic carbocycles. The van der Waals surface area contributed by atoms with Crippen molar-refractivity contribution in [3.05, 3.63) is 81.5 Å². The number of fused-ring (bicyclic) bond motifs is 1. The first-order chi connectivity index (χ1) is 15.3. The van der Waals surface area contributed by atoms with Gasteiger partial charge in [0.15, 0.2) is 0 Å². The average molecular weight is 468 g/mol. The predicted molar refractivity (Wildman–Crippen MR) is 129 cm³/mol. The molecule has 0 saturated carbocycles. The SMILES string of the molecule is C/C(=N\NC(=O)c1cc2c(s1)CC(C)CC2)c1cccc(NS(=O)(=O)c2ccccc2)c1. The zero-order chi connectivity index (χ0) is 22.7. The Balaban J connectivity index is 1.45. The lowest BCUT2D eigenvalue weighted by Gasteiger charge is -2.16. The van der Waals surface area contributed by atoms with Crippen LogP contribution >= 0.6 is 11.3 Å². The number of carbonyl (C=O) groups is 1. The van der Waals surface area contributed by atoms with Crippen LogP contribution in [-0.2, 0) is 22.9 Å². The fourth-order valence-electron chi connectivity index (χ4n) is 3.66.